The van der Waals surface area contributed by atoms with E-state index >= 15 is 0 Å². The van der Waals surface area contributed by atoms with Gasteiger partial charge in [-0.3, -0.25) is 0 Å². The zero-order valence-electron chi connectivity index (χ0n) is 7.97. The highest BCUT2D eigenvalue weighted by Crippen LogP contribution is 2.17. The number of aromatic nitrogens is 1. The lowest BCUT2D eigenvalue weighted by atomic mass is 10.1. The van der Waals surface area contributed by atoms with Gasteiger partial charge in [0.2, 0.25) is 0 Å². The normalized spacial score (nSPS) is 10.2. The molecule has 0 aliphatic heterocycles. The van der Waals surface area contributed by atoms with Crippen molar-refractivity contribution in [3.8, 4) is 0 Å². The SMILES string of the molecule is O=C([O-])c1cc(C(=O)[O-])c2ccccc2n1. The number of fused-ring (bicyclic) bond motifs is 1. The van der Waals surface area contributed by atoms with Gasteiger partial charge in [0, 0.05) is 10.9 Å². The van der Waals surface area contributed by atoms with E-state index in [1.54, 1.807) is 12.1 Å². The van der Waals surface area contributed by atoms with Crippen LogP contribution in [0.4, 0.5) is 0 Å². The van der Waals surface area contributed by atoms with Crippen molar-refractivity contribution in [3.63, 3.8) is 0 Å². The number of aromatic carboxylic acids is 2. The van der Waals surface area contributed by atoms with Crippen LogP contribution in [0.2, 0.25) is 0 Å². The zero-order valence-corrected chi connectivity index (χ0v) is 7.97. The molecule has 0 spiro atoms. The monoisotopic (exact) mass is 215 g/mol. The molecular weight excluding hydrogens is 210 g/mol. The van der Waals surface area contributed by atoms with Crippen LogP contribution in [-0.2, 0) is 0 Å². The van der Waals surface area contributed by atoms with Gasteiger partial charge in [0.25, 0.3) is 0 Å². The number of carboxylic acid groups (broad SMARTS) is 2. The summed E-state index contributed by atoms with van der Waals surface area (Å²) in [5, 5.41) is 21.8. The predicted octanol–water partition coefficient (Wildman–Crippen LogP) is -1.04. The van der Waals surface area contributed by atoms with Crippen LogP contribution in [0, 0.1) is 0 Å². The number of benzene rings is 1. The summed E-state index contributed by atoms with van der Waals surface area (Å²) < 4.78 is 0. The van der Waals surface area contributed by atoms with Crippen molar-refractivity contribution < 1.29 is 19.8 Å². The van der Waals surface area contributed by atoms with E-state index in [4.69, 9.17) is 0 Å². The average molecular weight is 215 g/mol. The van der Waals surface area contributed by atoms with Crippen molar-refractivity contribution >= 4 is 22.8 Å². The van der Waals surface area contributed by atoms with Gasteiger partial charge in [0.05, 0.1) is 23.1 Å². The van der Waals surface area contributed by atoms with Crippen molar-refractivity contribution in [2.24, 2.45) is 0 Å². The molecule has 0 aliphatic rings. The molecule has 0 aliphatic carbocycles. The van der Waals surface area contributed by atoms with Gasteiger partial charge in [-0.15, -0.1) is 0 Å². The first-order chi connectivity index (χ1) is 7.59. The van der Waals surface area contributed by atoms with E-state index in [0.717, 1.165) is 6.07 Å². The number of nitrogens with zero attached hydrogens (tertiary/aromatic N) is 1. The Hall–Kier alpha value is -2.43. The van der Waals surface area contributed by atoms with Crippen LogP contribution in [0.15, 0.2) is 30.3 Å². The number of para-hydroxylation sites is 1. The maximum absolute atomic E-state index is 10.8. The first-order valence-corrected chi connectivity index (χ1v) is 4.42. The minimum atomic E-state index is -1.52. The third-order valence-corrected chi connectivity index (χ3v) is 2.15. The second-order valence-electron chi connectivity index (χ2n) is 3.15. The molecule has 1 aromatic carbocycles. The first kappa shape index (κ1) is 10.1. The second-order valence-corrected chi connectivity index (χ2v) is 3.15. The lowest BCUT2D eigenvalue weighted by molar-refractivity contribution is -0.255. The predicted molar refractivity (Wildman–Crippen MR) is 50.4 cm³/mol. The molecule has 2 rings (SSSR count). The van der Waals surface area contributed by atoms with Gasteiger partial charge in [-0.2, -0.15) is 0 Å². The number of hydrogen-bond donors (Lipinski definition) is 0. The van der Waals surface area contributed by atoms with Gasteiger partial charge in [0.1, 0.15) is 0 Å². The molecule has 0 saturated heterocycles. The molecule has 5 heteroatoms. The third-order valence-electron chi connectivity index (χ3n) is 2.15. The summed E-state index contributed by atoms with van der Waals surface area (Å²) in [5.41, 5.74) is -0.342. The van der Waals surface area contributed by atoms with Crippen LogP contribution < -0.4 is 10.2 Å². The van der Waals surface area contributed by atoms with Gasteiger partial charge in [-0.25, -0.2) is 4.98 Å². The van der Waals surface area contributed by atoms with E-state index in [0.29, 0.717) is 5.39 Å². The molecule has 0 N–H and O–H groups in total. The van der Waals surface area contributed by atoms with Crippen molar-refractivity contribution in [2.45, 2.75) is 0 Å². The summed E-state index contributed by atoms with van der Waals surface area (Å²) in [6.45, 7) is 0. The number of carboxylic acids is 2. The Labute approximate surface area is 90.0 Å². The molecule has 0 unspecified atom stereocenters. The maximum Gasteiger partial charge on any atom is 0.0900 e. The van der Waals surface area contributed by atoms with Crippen LogP contribution in [0.5, 0.6) is 0 Å². The number of carbonyl (C=O) groups is 2. The quantitative estimate of drug-likeness (QED) is 0.638. The molecule has 1 aromatic heterocycles. The summed E-state index contributed by atoms with van der Waals surface area (Å²) in [4.78, 5) is 25.2. The molecule has 16 heavy (non-hydrogen) atoms. The molecule has 80 valence electrons. The Bertz CT molecular complexity index is 592. The lowest BCUT2D eigenvalue weighted by Crippen LogP contribution is -2.27. The highest BCUT2D eigenvalue weighted by atomic mass is 16.4. The van der Waals surface area contributed by atoms with E-state index < -0.39 is 17.6 Å². The fourth-order valence-corrected chi connectivity index (χ4v) is 1.45. The molecule has 0 atom stereocenters. The fourth-order valence-electron chi connectivity index (χ4n) is 1.45. The number of pyridine rings is 1. The van der Waals surface area contributed by atoms with E-state index in [-0.39, 0.29) is 11.1 Å². The Balaban J connectivity index is 2.84. The minimum Gasteiger partial charge on any atom is -0.545 e. The molecule has 1 heterocycles. The first-order valence-electron chi connectivity index (χ1n) is 4.42. The molecule has 2 aromatic rings. The third kappa shape index (κ3) is 1.58. The number of carbonyl (C=O) groups excluding carboxylic acids is 2. The van der Waals surface area contributed by atoms with E-state index in [1.165, 1.54) is 12.1 Å². The van der Waals surface area contributed by atoms with E-state index in [1.807, 2.05) is 0 Å². The highest BCUT2D eigenvalue weighted by molar-refractivity contribution is 6.03. The molecule has 0 saturated carbocycles. The summed E-state index contributed by atoms with van der Waals surface area (Å²) in [7, 11) is 0. The van der Waals surface area contributed by atoms with Gasteiger partial charge in [-0.05, 0) is 12.1 Å². The largest absolute Gasteiger partial charge is 0.545 e. The summed E-state index contributed by atoms with van der Waals surface area (Å²) in [5.74, 6) is -2.96. The minimum absolute atomic E-state index is 0.204. The smallest absolute Gasteiger partial charge is 0.0900 e. The summed E-state index contributed by atoms with van der Waals surface area (Å²) >= 11 is 0. The zero-order chi connectivity index (χ0) is 11.7. The van der Waals surface area contributed by atoms with Gasteiger partial charge in [0.15, 0.2) is 0 Å². The standard InChI is InChI=1S/C11H7NO4/c13-10(14)7-5-9(11(15)16)12-8-4-2-1-3-6(7)8/h1-5H,(H,13,14)(H,15,16)/p-2. The molecule has 0 fully saturated rings. The summed E-state index contributed by atoms with van der Waals surface area (Å²) in [6, 6.07) is 7.26. The number of rotatable bonds is 2. The Morgan fingerprint density at radius 2 is 1.75 bits per heavy atom. The fraction of sp³-hybridized carbons (Fsp3) is 0. The average Bonchev–Trinajstić information content (AvgIpc) is 2.27. The van der Waals surface area contributed by atoms with Gasteiger partial charge in [-0.1, -0.05) is 18.2 Å². The van der Waals surface area contributed by atoms with Gasteiger partial charge < -0.3 is 19.8 Å². The van der Waals surface area contributed by atoms with Crippen LogP contribution in [0.1, 0.15) is 20.8 Å². The highest BCUT2D eigenvalue weighted by Gasteiger charge is 2.06. The molecule has 0 amide bonds. The topological polar surface area (TPSA) is 93.1 Å². The van der Waals surface area contributed by atoms with Crippen molar-refractivity contribution in [2.75, 3.05) is 0 Å². The molecule has 5 nitrogen and oxygen atoms in total. The van der Waals surface area contributed by atoms with Gasteiger partial charge >= 0.3 is 0 Å². The Morgan fingerprint density at radius 3 is 2.38 bits per heavy atom. The summed E-state index contributed by atoms with van der Waals surface area (Å²) in [6.07, 6.45) is 0. The number of hydrogen-bond acceptors (Lipinski definition) is 5. The van der Waals surface area contributed by atoms with E-state index in [2.05, 4.69) is 4.98 Å². The van der Waals surface area contributed by atoms with Crippen LogP contribution in [0.3, 0.4) is 0 Å². The molecular formula is C11H5NO4-2. The Kier molecular flexibility index (Phi) is 2.28. The lowest BCUT2D eigenvalue weighted by Gasteiger charge is -2.10. The molecule has 0 bridgehead atoms. The van der Waals surface area contributed by atoms with Crippen molar-refractivity contribution in [1.82, 2.24) is 4.98 Å². The van der Waals surface area contributed by atoms with Crippen molar-refractivity contribution in [3.05, 3.63) is 41.6 Å². The Morgan fingerprint density at radius 1 is 1.06 bits per heavy atom. The van der Waals surface area contributed by atoms with Crippen LogP contribution in [-0.4, -0.2) is 16.9 Å². The second kappa shape index (κ2) is 3.62. The molecule has 0 radical (unpaired) electrons. The van der Waals surface area contributed by atoms with E-state index in [9.17, 15) is 19.8 Å². The van der Waals surface area contributed by atoms with Crippen LogP contribution in [0.25, 0.3) is 10.9 Å². The maximum atomic E-state index is 10.8. The van der Waals surface area contributed by atoms with Crippen LogP contribution >= 0.6 is 0 Å². The van der Waals surface area contributed by atoms with Crippen molar-refractivity contribution in [1.29, 1.82) is 0 Å².